The zero-order valence-electron chi connectivity index (χ0n) is 7.06. The van der Waals surface area contributed by atoms with Gasteiger partial charge in [0.2, 0.25) is 0 Å². The SMILES string of the molecule is Cc1noc(-c2ccc(N)cn2)n1. The maximum Gasteiger partial charge on any atom is 0.276 e. The molecule has 0 aromatic carbocycles. The lowest BCUT2D eigenvalue weighted by Gasteiger charge is -1.93. The zero-order valence-corrected chi connectivity index (χ0v) is 7.06. The molecule has 0 bridgehead atoms. The van der Waals surface area contributed by atoms with E-state index >= 15 is 0 Å². The Hall–Kier alpha value is -1.91. The Labute approximate surface area is 74.6 Å². The van der Waals surface area contributed by atoms with Crippen LogP contribution in [-0.2, 0) is 0 Å². The summed E-state index contributed by atoms with van der Waals surface area (Å²) in [7, 11) is 0. The van der Waals surface area contributed by atoms with Crippen LogP contribution in [0.5, 0.6) is 0 Å². The van der Waals surface area contributed by atoms with E-state index in [0.29, 0.717) is 23.1 Å². The minimum atomic E-state index is 0.414. The van der Waals surface area contributed by atoms with Crippen LogP contribution < -0.4 is 5.73 Å². The monoisotopic (exact) mass is 176 g/mol. The van der Waals surface area contributed by atoms with Gasteiger partial charge in [-0.3, -0.25) is 0 Å². The van der Waals surface area contributed by atoms with Crippen LogP contribution in [-0.4, -0.2) is 15.1 Å². The van der Waals surface area contributed by atoms with Crippen molar-refractivity contribution in [1.82, 2.24) is 15.1 Å². The lowest BCUT2D eigenvalue weighted by molar-refractivity contribution is 0.424. The van der Waals surface area contributed by atoms with Gasteiger partial charge in [0.25, 0.3) is 5.89 Å². The van der Waals surface area contributed by atoms with Gasteiger partial charge in [-0.05, 0) is 19.1 Å². The smallest absolute Gasteiger partial charge is 0.276 e. The predicted molar refractivity (Wildman–Crippen MR) is 46.7 cm³/mol. The first-order valence-electron chi connectivity index (χ1n) is 3.78. The number of nitrogens with zero attached hydrogens (tertiary/aromatic N) is 3. The van der Waals surface area contributed by atoms with Gasteiger partial charge in [-0.15, -0.1) is 0 Å². The molecule has 2 rings (SSSR count). The third-order valence-corrected chi connectivity index (χ3v) is 1.53. The highest BCUT2D eigenvalue weighted by Gasteiger charge is 2.06. The van der Waals surface area contributed by atoms with Crippen molar-refractivity contribution in [3.63, 3.8) is 0 Å². The molecule has 66 valence electrons. The molecule has 0 aliphatic carbocycles. The lowest BCUT2D eigenvalue weighted by atomic mass is 10.3. The fourth-order valence-corrected chi connectivity index (χ4v) is 0.933. The minimum absolute atomic E-state index is 0.414. The molecule has 0 atom stereocenters. The fourth-order valence-electron chi connectivity index (χ4n) is 0.933. The van der Waals surface area contributed by atoms with Crippen molar-refractivity contribution < 1.29 is 4.52 Å². The van der Waals surface area contributed by atoms with E-state index in [-0.39, 0.29) is 0 Å². The molecule has 0 aliphatic heterocycles. The molecule has 0 saturated carbocycles. The normalized spacial score (nSPS) is 10.2. The summed E-state index contributed by atoms with van der Waals surface area (Å²) >= 11 is 0. The van der Waals surface area contributed by atoms with E-state index in [9.17, 15) is 0 Å². The van der Waals surface area contributed by atoms with Crippen molar-refractivity contribution in [2.24, 2.45) is 0 Å². The molecule has 2 heterocycles. The summed E-state index contributed by atoms with van der Waals surface area (Å²) in [6.45, 7) is 1.75. The quantitative estimate of drug-likeness (QED) is 0.701. The van der Waals surface area contributed by atoms with E-state index in [2.05, 4.69) is 15.1 Å². The van der Waals surface area contributed by atoms with Gasteiger partial charge >= 0.3 is 0 Å². The number of nitrogens with two attached hydrogens (primary N) is 1. The van der Waals surface area contributed by atoms with Gasteiger partial charge in [-0.2, -0.15) is 4.98 Å². The first-order chi connectivity index (χ1) is 6.25. The average molecular weight is 176 g/mol. The average Bonchev–Trinajstić information content (AvgIpc) is 2.53. The van der Waals surface area contributed by atoms with E-state index in [1.165, 1.54) is 0 Å². The molecular formula is C8H8N4O. The lowest BCUT2D eigenvalue weighted by Crippen LogP contribution is -1.88. The second-order valence-electron chi connectivity index (χ2n) is 2.62. The molecule has 0 fully saturated rings. The summed E-state index contributed by atoms with van der Waals surface area (Å²) in [5.41, 5.74) is 6.73. The summed E-state index contributed by atoms with van der Waals surface area (Å²) in [6, 6.07) is 3.48. The van der Waals surface area contributed by atoms with Crippen LogP contribution in [0.15, 0.2) is 22.9 Å². The molecule has 2 N–H and O–H groups in total. The topological polar surface area (TPSA) is 77.8 Å². The van der Waals surface area contributed by atoms with Gasteiger partial charge in [0.1, 0.15) is 5.69 Å². The summed E-state index contributed by atoms with van der Waals surface area (Å²) in [5, 5.41) is 3.66. The van der Waals surface area contributed by atoms with E-state index in [1.807, 2.05) is 0 Å². The number of pyridine rings is 1. The maximum absolute atomic E-state index is 5.48. The van der Waals surface area contributed by atoms with E-state index in [0.717, 1.165) is 0 Å². The minimum Gasteiger partial charge on any atom is -0.397 e. The number of hydrogen-bond acceptors (Lipinski definition) is 5. The molecule has 0 amide bonds. The Morgan fingerprint density at radius 1 is 1.38 bits per heavy atom. The van der Waals surface area contributed by atoms with Crippen molar-refractivity contribution in [1.29, 1.82) is 0 Å². The molecule has 0 radical (unpaired) electrons. The summed E-state index contributed by atoms with van der Waals surface area (Å²) < 4.78 is 4.93. The fraction of sp³-hybridized carbons (Fsp3) is 0.125. The molecule has 2 aromatic heterocycles. The van der Waals surface area contributed by atoms with Gasteiger partial charge in [0.05, 0.1) is 11.9 Å². The Kier molecular flexibility index (Phi) is 1.70. The van der Waals surface area contributed by atoms with Crippen LogP contribution in [0.3, 0.4) is 0 Å². The van der Waals surface area contributed by atoms with E-state index in [4.69, 9.17) is 10.3 Å². The third kappa shape index (κ3) is 1.48. The summed E-state index contributed by atoms with van der Waals surface area (Å²) in [4.78, 5) is 8.07. The Morgan fingerprint density at radius 3 is 2.77 bits per heavy atom. The van der Waals surface area contributed by atoms with E-state index < -0.39 is 0 Å². The van der Waals surface area contributed by atoms with Gasteiger partial charge in [0, 0.05) is 0 Å². The van der Waals surface area contributed by atoms with Gasteiger partial charge in [0.15, 0.2) is 5.82 Å². The Bertz CT molecular complexity index is 406. The third-order valence-electron chi connectivity index (χ3n) is 1.53. The molecule has 0 saturated heterocycles. The Morgan fingerprint density at radius 2 is 2.23 bits per heavy atom. The van der Waals surface area contributed by atoms with Crippen LogP contribution in [0.1, 0.15) is 5.82 Å². The first-order valence-corrected chi connectivity index (χ1v) is 3.78. The van der Waals surface area contributed by atoms with Gasteiger partial charge in [-0.1, -0.05) is 5.16 Å². The molecule has 13 heavy (non-hydrogen) atoms. The molecule has 0 aliphatic rings. The number of aryl methyl sites for hydroxylation is 1. The second-order valence-corrected chi connectivity index (χ2v) is 2.62. The molecule has 5 heteroatoms. The number of nitrogen functional groups attached to an aromatic ring is 1. The van der Waals surface area contributed by atoms with Crippen molar-refractivity contribution in [3.05, 3.63) is 24.2 Å². The Balaban J connectivity index is 2.41. The largest absolute Gasteiger partial charge is 0.397 e. The number of anilines is 1. The highest BCUT2D eigenvalue weighted by Crippen LogP contribution is 2.14. The van der Waals surface area contributed by atoms with Crippen LogP contribution in [0.2, 0.25) is 0 Å². The first kappa shape index (κ1) is 7.72. The molecule has 0 spiro atoms. The van der Waals surface area contributed by atoms with Crippen LogP contribution in [0.4, 0.5) is 5.69 Å². The van der Waals surface area contributed by atoms with E-state index in [1.54, 1.807) is 25.3 Å². The standard InChI is InChI=1S/C8H8N4O/c1-5-11-8(13-12-5)7-3-2-6(9)4-10-7/h2-4H,9H2,1H3. The van der Waals surface area contributed by atoms with Crippen LogP contribution in [0.25, 0.3) is 11.6 Å². The molecule has 0 unspecified atom stereocenters. The van der Waals surface area contributed by atoms with Crippen molar-refractivity contribution in [3.8, 4) is 11.6 Å². The second kappa shape index (κ2) is 2.85. The highest BCUT2D eigenvalue weighted by molar-refractivity contribution is 5.50. The van der Waals surface area contributed by atoms with Crippen molar-refractivity contribution in [2.45, 2.75) is 6.92 Å². The van der Waals surface area contributed by atoms with Crippen molar-refractivity contribution >= 4 is 5.69 Å². The van der Waals surface area contributed by atoms with Crippen LogP contribution in [0, 0.1) is 6.92 Å². The number of hydrogen-bond donors (Lipinski definition) is 1. The summed E-state index contributed by atoms with van der Waals surface area (Å²) in [6.07, 6.45) is 1.55. The molecule has 5 nitrogen and oxygen atoms in total. The number of aromatic nitrogens is 3. The number of rotatable bonds is 1. The van der Waals surface area contributed by atoms with Crippen LogP contribution >= 0.6 is 0 Å². The van der Waals surface area contributed by atoms with Gasteiger partial charge < -0.3 is 10.3 Å². The van der Waals surface area contributed by atoms with Gasteiger partial charge in [-0.25, -0.2) is 4.98 Å². The molecular weight excluding hydrogens is 168 g/mol. The molecule has 2 aromatic rings. The predicted octanol–water partition coefficient (Wildman–Crippen LogP) is 1.02. The maximum atomic E-state index is 5.48. The summed E-state index contributed by atoms with van der Waals surface area (Å²) in [5.74, 6) is 1.01. The highest BCUT2D eigenvalue weighted by atomic mass is 16.5. The zero-order chi connectivity index (χ0) is 9.26. The van der Waals surface area contributed by atoms with Crippen molar-refractivity contribution in [2.75, 3.05) is 5.73 Å².